The van der Waals surface area contributed by atoms with Crippen LogP contribution < -0.4 is 5.32 Å². The first kappa shape index (κ1) is 29.3. The van der Waals surface area contributed by atoms with Crippen LogP contribution in [-0.2, 0) is 20.4 Å². The van der Waals surface area contributed by atoms with Gasteiger partial charge in [-0.1, -0.05) is 71.9 Å². The smallest absolute Gasteiger partial charge is 0.323 e. The van der Waals surface area contributed by atoms with Gasteiger partial charge in [-0.05, 0) is 91.3 Å². The first-order chi connectivity index (χ1) is 17.0. The zero-order valence-corrected chi connectivity index (χ0v) is 24.1. The standard InChI is InChI=1S/C32H46FNO3/c1-20(25-16-13-23(30(2,3)4)18-26(25)31(5,6)7)37-27-17-12-22(19-34-32(8,9)29(35)36)28(27)21-10-14-24(33)15-11-21/h10-11,13-16,18,20,22,27-28,34H,12,17,19H2,1-9H3,(H,35,36). The van der Waals surface area contributed by atoms with Crippen molar-refractivity contribution in [2.45, 2.75) is 110 Å². The van der Waals surface area contributed by atoms with Crippen molar-refractivity contribution in [3.05, 3.63) is 70.5 Å². The molecule has 5 heteroatoms. The van der Waals surface area contributed by atoms with Crippen molar-refractivity contribution in [1.29, 1.82) is 0 Å². The highest BCUT2D eigenvalue weighted by Gasteiger charge is 2.40. The van der Waals surface area contributed by atoms with Gasteiger partial charge >= 0.3 is 5.97 Å². The number of benzene rings is 2. The van der Waals surface area contributed by atoms with Gasteiger partial charge in [0, 0.05) is 5.92 Å². The molecule has 0 saturated heterocycles. The second-order valence-corrected chi connectivity index (χ2v) is 13.3. The Labute approximate surface area is 223 Å². The molecule has 1 aliphatic rings. The van der Waals surface area contributed by atoms with E-state index in [1.165, 1.54) is 28.8 Å². The van der Waals surface area contributed by atoms with Crippen molar-refractivity contribution in [2.24, 2.45) is 5.92 Å². The quantitative estimate of drug-likeness (QED) is 0.385. The summed E-state index contributed by atoms with van der Waals surface area (Å²) >= 11 is 0. The molecule has 0 heterocycles. The van der Waals surface area contributed by atoms with Crippen LogP contribution in [0.3, 0.4) is 0 Å². The van der Waals surface area contributed by atoms with Crippen LogP contribution in [0.1, 0.15) is 109 Å². The predicted molar refractivity (Wildman–Crippen MR) is 149 cm³/mol. The van der Waals surface area contributed by atoms with Crippen molar-refractivity contribution in [2.75, 3.05) is 6.54 Å². The molecule has 2 aromatic carbocycles. The fourth-order valence-corrected chi connectivity index (χ4v) is 5.42. The SMILES string of the molecule is CC(OC1CCC(CNC(C)(C)C(=O)O)C1c1ccc(F)cc1)c1ccc(C(C)(C)C)cc1C(C)(C)C. The number of rotatable bonds is 8. The number of hydrogen-bond donors (Lipinski definition) is 2. The zero-order chi connectivity index (χ0) is 27.8. The summed E-state index contributed by atoms with van der Waals surface area (Å²) in [6, 6.07) is 13.5. The molecule has 4 atom stereocenters. The number of nitrogens with one attached hydrogen (secondary N) is 1. The highest BCUT2D eigenvalue weighted by atomic mass is 19.1. The molecular formula is C32H46FNO3. The second kappa shape index (κ2) is 10.9. The van der Waals surface area contributed by atoms with Crippen LogP contribution in [0, 0.1) is 11.7 Å². The Balaban J connectivity index is 1.90. The second-order valence-electron chi connectivity index (χ2n) is 13.3. The fourth-order valence-electron chi connectivity index (χ4n) is 5.42. The van der Waals surface area contributed by atoms with Gasteiger partial charge in [-0.3, -0.25) is 4.79 Å². The van der Waals surface area contributed by atoms with E-state index in [9.17, 15) is 14.3 Å². The predicted octanol–water partition coefficient (Wildman–Crippen LogP) is 7.51. The van der Waals surface area contributed by atoms with Gasteiger partial charge in [0.05, 0.1) is 12.2 Å². The Morgan fingerprint density at radius 3 is 2.16 bits per heavy atom. The van der Waals surface area contributed by atoms with E-state index >= 15 is 0 Å². The van der Waals surface area contributed by atoms with E-state index in [-0.39, 0.29) is 40.7 Å². The third-order valence-electron chi connectivity index (χ3n) is 7.87. The van der Waals surface area contributed by atoms with Crippen LogP contribution in [0.4, 0.5) is 4.39 Å². The van der Waals surface area contributed by atoms with Crippen LogP contribution >= 0.6 is 0 Å². The van der Waals surface area contributed by atoms with Crippen molar-refractivity contribution in [3.63, 3.8) is 0 Å². The Morgan fingerprint density at radius 1 is 1.00 bits per heavy atom. The Morgan fingerprint density at radius 2 is 1.62 bits per heavy atom. The van der Waals surface area contributed by atoms with E-state index in [2.05, 4.69) is 72.0 Å². The molecule has 0 spiro atoms. The van der Waals surface area contributed by atoms with E-state index in [0.717, 1.165) is 18.4 Å². The number of carboxylic acid groups (broad SMARTS) is 1. The van der Waals surface area contributed by atoms with E-state index in [1.54, 1.807) is 13.8 Å². The molecule has 37 heavy (non-hydrogen) atoms. The molecule has 0 aliphatic heterocycles. The van der Waals surface area contributed by atoms with Gasteiger partial charge in [-0.2, -0.15) is 0 Å². The van der Waals surface area contributed by atoms with Crippen molar-refractivity contribution >= 4 is 5.97 Å². The summed E-state index contributed by atoms with van der Waals surface area (Å²) in [5, 5.41) is 12.8. The lowest BCUT2D eigenvalue weighted by molar-refractivity contribution is -0.143. The van der Waals surface area contributed by atoms with Gasteiger partial charge in [0.2, 0.25) is 0 Å². The molecule has 4 unspecified atom stereocenters. The molecule has 0 amide bonds. The molecule has 0 bridgehead atoms. The van der Waals surface area contributed by atoms with Crippen molar-refractivity contribution in [3.8, 4) is 0 Å². The minimum Gasteiger partial charge on any atom is -0.480 e. The summed E-state index contributed by atoms with van der Waals surface area (Å²) in [4.78, 5) is 11.7. The normalized spacial score (nSPS) is 21.7. The highest BCUT2D eigenvalue weighted by Crippen LogP contribution is 2.44. The summed E-state index contributed by atoms with van der Waals surface area (Å²) in [5.74, 6) is -0.902. The maximum Gasteiger partial charge on any atom is 0.323 e. The van der Waals surface area contributed by atoms with E-state index in [1.807, 2.05) is 12.1 Å². The fraction of sp³-hybridized carbons (Fsp3) is 0.594. The summed E-state index contributed by atoms with van der Waals surface area (Å²) in [5.41, 5.74) is 3.86. The summed E-state index contributed by atoms with van der Waals surface area (Å²) in [6.07, 6.45) is 1.63. The average molecular weight is 512 g/mol. The van der Waals surface area contributed by atoms with Gasteiger partial charge in [-0.15, -0.1) is 0 Å². The number of halogens is 1. The topological polar surface area (TPSA) is 58.6 Å². The third kappa shape index (κ3) is 7.00. The molecule has 1 aliphatic carbocycles. The average Bonchev–Trinajstić information content (AvgIpc) is 3.19. The molecule has 3 rings (SSSR count). The minimum atomic E-state index is -1.02. The van der Waals surface area contributed by atoms with Gasteiger partial charge < -0.3 is 15.2 Å². The minimum absolute atomic E-state index is 0.0326. The van der Waals surface area contributed by atoms with Crippen molar-refractivity contribution < 1.29 is 19.0 Å². The first-order valence-electron chi connectivity index (χ1n) is 13.5. The lowest BCUT2D eigenvalue weighted by atomic mass is 9.77. The van der Waals surface area contributed by atoms with Crippen LogP contribution in [0.2, 0.25) is 0 Å². The Kier molecular flexibility index (Phi) is 8.61. The van der Waals surface area contributed by atoms with Crippen LogP contribution in [0.5, 0.6) is 0 Å². The Hall–Kier alpha value is -2.24. The molecular weight excluding hydrogens is 465 g/mol. The maximum atomic E-state index is 13.8. The first-order valence-corrected chi connectivity index (χ1v) is 13.5. The summed E-state index contributed by atoms with van der Waals surface area (Å²) in [6.45, 7) is 19.5. The molecule has 1 fully saturated rings. The lowest BCUT2D eigenvalue weighted by Gasteiger charge is -2.33. The van der Waals surface area contributed by atoms with E-state index in [0.29, 0.717) is 6.54 Å². The largest absolute Gasteiger partial charge is 0.480 e. The lowest BCUT2D eigenvalue weighted by Crippen LogP contribution is -2.48. The molecule has 2 N–H and O–H groups in total. The van der Waals surface area contributed by atoms with Gasteiger partial charge in [-0.25, -0.2) is 4.39 Å². The van der Waals surface area contributed by atoms with E-state index < -0.39 is 11.5 Å². The molecule has 2 aromatic rings. The summed E-state index contributed by atoms with van der Waals surface area (Å²) < 4.78 is 20.6. The number of ether oxygens (including phenoxy) is 1. The summed E-state index contributed by atoms with van der Waals surface area (Å²) in [7, 11) is 0. The number of hydrogen-bond acceptors (Lipinski definition) is 3. The third-order valence-corrected chi connectivity index (χ3v) is 7.87. The van der Waals surface area contributed by atoms with Gasteiger partial charge in [0.25, 0.3) is 0 Å². The Bertz CT molecular complexity index is 1080. The van der Waals surface area contributed by atoms with Crippen LogP contribution in [0.25, 0.3) is 0 Å². The monoisotopic (exact) mass is 511 g/mol. The number of carbonyl (C=O) groups is 1. The highest BCUT2D eigenvalue weighted by molar-refractivity contribution is 5.77. The van der Waals surface area contributed by atoms with Crippen LogP contribution in [0.15, 0.2) is 42.5 Å². The maximum absolute atomic E-state index is 13.8. The molecule has 0 radical (unpaired) electrons. The molecule has 1 saturated carbocycles. The van der Waals surface area contributed by atoms with Crippen molar-refractivity contribution in [1.82, 2.24) is 5.32 Å². The number of aliphatic carboxylic acids is 1. The van der Waals surface area contributed by atoms with Crippen LogP contribution in [-0.4, -0.2) is 29.3 Å². The van der Waals surface area contributed by atoms with Gasteiger partial charge in [0.1, 0.15) is 11.4 Å². The zero-order valence-electron chi connectivity index (χ0n) is 24.1. The number of carboxylic acids is 1. The van der Waals surface area contributed by atoms with Gasteiger partial charge in [0.15, 0.2) is 0 Å². The molecule has 204 valence electrons. The van der Waals surface area contributed by atoms with E-state index in [4.69, 9.17) is 4.74 Å². The molecule has 4 nitrogen and oxygen atoms in total. The molecule has 0 aromatic heterocycles.